The van der Waals surface area contributed by atoms with Crippen LogP contribution >= 0.6 is 11.8 Å². The Hall–Kier alpha value is -3.66. The number of esters is 1. The Kier molecular flexibility index (Phi) is 9.02. The number of carbonyl (C=O) groups is 3. The van der Waals surface area contributed by atoms with E-state index in [1.165, 1.54) is 11.8 Å². The minimum Gasteiger partial charge on any atom is -0.462 e. The highest BCUT2D eigenvalue weighted by Gasteiger charge is 2.20. The molecule has 0 unspecified atom stereocenters. The second kappa shape index (κ2) is 12.2. The van der Waals surface area contributed by atoms with Gasteiger partial charge in [-0.2, -0.15) is 0 Å². The summed E-state index contributed by atoms with van der Waals surface area (Å²) in [6.07, 6.45) is 0.737. The topological polar surface area (TPSA) is 115 Å². The van der Waals surface area contributed by atoms with Crippen LogP contribution in [0, 0.1) is 6.92 Å². The molecule has 0 aliphatic rings. The van der Waals surface area contributed by atoms with Gasteiger partial charge in [-0.05, 0) is 50.1 Å². The zero-order valence-corrected chi connectivity index (χ0v) is 21.0. The summed E-state index contributed by atoms with van der Waals surface area (Å²) >= 11 is 1.22. The molecule has 0 spiro atoms. The van der Waals surface area contributed by atoms with Gasteiger partial charge in [-0.1, -0.05) is 43.0 Å². The maximum absolute atomic E-state index is 12.6. The summed E-state index contributed by atoms with van der Waals surface area (Å²) in [6.45, 7) is 5.99. The zero-order chi connectivity index (χ0) is 25.4. The number of nitrogens with zero attached hydrogens (tertiary/aromatic N) is 3. The third-order valence-corrected chi connectivity index (χ3v) is 6.17. The van der Waals surface area contributed by atoms with Gasteiger partial charge >= 0.3 is 5.97 Å². The summed E-state index contributed by atoms with van der Waals surface area (Å²) in [5.74, 6) is -0.186. The Morgan fingerprint density at radius 2 is 1.89 bits per heavy atom. The van der Waals surface area contributed by atoms with Crippen LogP contribution in [0.3, 0.4) is 0 Å². The minimum atomic E-state index is -0.424. The molecule has 0 radical (unpaired) electrons. The summed E-state index contributed by atoms with van der Waals surface area (Å²) in [4.78, 5) is 37.1. The van der Waals surface area contributed by atoms with Gasteiger partial charge in [0, 0.05) is 18.3 Å². The van der Waals surface area contributed by atoms with Gasteiger partial charge in [0.15, 0.2) is 11.0 Å². The van der Waals surface area contributed by atoms with Crippen molar-refractivity contribution < 1.29 is 19.1 Å². The van der Waals surface area contributed by atoms with E-state index in [2.05, 4.69) is 20.8 Å². The monoisotopic (exact) mass is 495 g/mol. The van der Waals surface area contributed by atoms with Crippen LogP contribution < -0.4 is 10.6 Å². The molecule has 1 heterocycles. The molecular formula is C25H29N5O4S. The van der Waals surface area contributed by atoms with Gasteiger partial charge in [0.1, 0.15) is 0 Å². The number of hydrogen-bond donors (Lipinski definition) is 2. The van der Waals surface area contributed by atoms with E-state index in [1.54, 1.807) is 41.9 Å². The quantitative estimate of drug-likeness (QED) is 0.324. The molecule has 0 aliphatic carbocycles. The number of ether oxygens (including phenoxy) is 1. The summed E-state index contributed by atoms with van der Waals surface area (Å²) in [5, 5.41) is 14.6. The van der Waals surface area contributed by atoms with Gasteiger partial charge in [-0.3, -0.25) is 9.59 Å². The van der Waals surface area contributed by atoms with Crippen LogP contribution in [0.4, 0.5) is 5.69 Å². The Morgan fingerprint density at radius 3 is 2.63 bits per heavy atom. The maximum atomic E-state index is 12.6. The lowest BCUT2D eigenvalue weighted by atomic mass is 10.1. The Balaban J connectivity index is 1.56. The molecule has 0 bridgehead atoms. The molecule has 0 fully saturated rings. The van der Waals surface area contributed by atoms with Crippen molar-refractivity contribution in [2.45, 2.75) is 38.4 Å². The molecule has 2 amide bonds. The Morgan fingerprint density at radius 1 is 1.11 bits per heavy atom. The van der Waals surface area contributed by atoms with Crippen molar-refractivity contribution in [2.24, 2.45) is 7.05 Å². The number of anilines is 1. The second-order valence-electron chi connectivity index (χ2n) is 7.96. The van der Waals surface area contributed by atoms with Crippen molar-refractivity contribution in [2.75, 3.05) is 17.7 Å². The molecule has 3 rings (SSSR count). The largest absolute Gasteiger partial charge is 0.462 e. The van der Waals surface area contributed by atoms with Crippen LogP contribution in [0.15, 0.2) is 53.7 Å². The number of hydrogen-bond acceptors (Lipinski definition) is 7. The van der Waals surface area contributed by atoms with Crippen molar-refractivity contribution in [3.63, 3.8) is 0 Å². The van der Waals surface area contributed by atoms with E-state index in [0.29, 0.717) is 34.4 Å². The third kappa shape index (κ3) is 6.92. The first-order valence-electron chi connectivity index (χ1n) is 11.3. The minimum absolute atomic E-state index is 0.0977. The van der Waals surface area contributed by atoms with Gasteiger partial charge in [0.2, 0.25) is 5.91 Å². The van der Waals surface area contributed by atoms with E-state index in [1.807, 2.05) is 39.0 Å². The number of thioether (sulfide) groups is 1. The normalized spacial score (nSPS) is 11.5. The van der Waals surface area contributed by atoms with Crippen LogP contribution in [0.2, 0.25) is 0 Å². The number of aryl methyl sites for hydroxylation is 1. The average Bonchev–Trinajstić information content (AvgIpc) is 3.21. The van der Waals surface area contributed by atoms with Gasteiger partial charge < -0.3 is 19.9 Å². The van der Waals surface area contributed by atoms with E-state index in [4.69, 9.17) is 4.74 Å². The number of benzene rings is 2. The van der Waals surface area contributed by atoms with Crippen LogP contribution in [-0.2, 0) is 16.6 Å². The standard InChI is InChI=1S/C25H29N5O4S/c1-5-13-34-24(33)18-10-8-11-19(14-18)27-21(31)15-35-25-29-28-22(30(25)4)17(3)26-23(32)20-12-7-6-9-16(20)2/h6-12,14,17H,5,13,15H2,1-4H3,(H,26,32)(H,27,31)/t17-/m1/s1. The average molecular weight is 496 g/mol. The number of aromatic nitrogens is 3. The first-order chi connectivity index (χ1) is 16.8. The highest BCUT2D eigenvalue weighted by Crippen LogP contribution is 2.20. The van der Waals surface area contributed by atoms with E-state index >= 15 is 0 Å². The molecule has 184 valence electrons. The molecule has 10 heteroatoms. The number of carbonyl (C=O) groups excluding carboxylic acids is 3. The maximum Gasteiger partial charge on any atom is 0.338 e. The summed E-state index contributed by atoms with van der Waals surface area (Å²) in [5.41, 5.74) is 2.38. The highest BCUT2D eigenvalue weighted by molar-refractivity contribution is 7.99. The molecule has 1 atom stereocenters. The fraction of sp³-hybridized carbons (Fsp3) is 0.320. The summed E-state index contributed by atoms with van der Waals surface area (Å²) < 4.78 is 6.89. The van der Waals surface area contributed by atoms with E-state index in [9.17, 15) is 14.4 Å². The van der Waals surface area contributed by atoms with Gasteiger partial charge in [-0.25, -0.2) is 4.79 Å². The predicted octanol–water partition coefficient (Wildman–Crippen LogP) is 3.91. The van der Waals surface area contributed by atoms with Crippen molar-refractivity contribution in [3.05, 3.63) is 71.0 Å². The zero-order valence-electron chi connectivity index (χ0n) is 20.2. The first-order valence-corrected chi connectivity index (χ1v) is 12.2. The summed E-state index contributed by atoms with van der Waals surface area (Å²) in [6, 6.07) is 13.6. The van der Waals surface area contributed by atoms with E-state index in [-0.39, 0.29) is 23.6 Å². The number of rotatable bonds is 10. The van der Waals surface area contributed by atoms with Gasteiger partial charge in [0.05, 0.1) is 24.0 Å². The first kappa shape index (κ1) is 26.0. The van der Waals surface area contributed by atoms with Crippen molar-refractivity contribution in [1.82, 2.24) is 20.1 Å². The van der Waals surface area contributed by atoms with Crippen LogP contribution in [-0.4, -0.2) is 44.9 Å². The van der Waals surface area contributed by atoms with Gasteiger partial charge in [-0.15, -0.1) is 10.2 Å². The molecule has 3 aromatic rings. The van der Waals surface area contributed by atoms with E-state index < -0.39 is 5.97 Å². The van der Waals surface area contributed by atoms with Crippen molar-refractivity contribution in [3.8, 4) is 0 Å². The molecule has 0 saturated heterocycles. The lowest BCUT2D eigenvalue weighted by molar-refractivity contribution is -0.113. The number of amides is 2. The van der Waals surface area contributed by atoms with Gasteiger partial charge in [0.25, 0.3) is 5.91 Å². The molecule has 0 aliphatic heterocycles. The lowest BCUT2D eigenvalue weighted by Crippen LogP contribution is -2.29. The highest BCUT2D eigenvalue weighted by atomic mass is 32.2. The number of nitrogens with one attached hydrogen (secondary N) is 2. The second-order valence-corrected chi connectivity index (χ2v) is 8.91. The van der Waals surface area contributed by atoms with Crippen molar-refractivity contribution in [1.29, 1.82) is 0 Å². The summed E-state index contributed by atoms with van der Waals surface area (Å²) in [7, 11) is 1.79. The molecule has 1 aromatic heterocycles. The molecule has 35 heavy (non-hydrogen) atoms. The molecular weight excluding hydrogens is 466 g/mol. The molecule has 2 N–H and O–H groups in total. The fourth-order valence-electron chi connectivity index (χ4n) is 3.32. The van der Waals surface area contributed by atoms with Crippen molar-refractivity contribution >= 4 is 35.2 Å². The molecule has 9 nitrogen and oxygen atoms in total. The molecule has 0 saturated carbocycles. The fourth-order valence-corrected chi connectivity index (χ4v) is 4.04. The van der Waals surface area contributed by atoms with Crippen LogP contribution in [0.25, 0.3) is 0 Å². The smallest absolute Gasteiger partial charge is 0.338 e. The lowest BCUT2D eigenvalue weighted by Gasteiger charge is -2.14. The third-order valence-electron chi connectivity index (χ3n) is 5.14. The van der Waals surface area contributed by atoms with Crippen LogP contribution in [0.5, 0.6) is 0 Å². The SMILES string of the molecule is CCCOC(=O)c1cccc(NC(=O)CSc2nnc([C@@H](C)NC(=O)c3ccccc3C)n2C)c1. The van der Waals surface area contributed by atoms with E-state index in [0.717, 1.165) is 12.0 Å². The van der Waals surface area contributed by atoms with Crippen LogP contribution in [0.1, 0.15) is 58.4 Å². The molecule has 2 aromatic carbocycles. The Bertz CT molecular complexity index is 1210. The predicted molar refractivity (Wildman–Crippen MR) is 134 cm³/mol. The Labute approximate surface area is 208 Å².